The van der Waals surface area contributed by atoms with Gasteiger partial charge >= 0.3 is 0 Å². The number of halogens is 4. The van der Waals surface area contributed by atoms with Crippen LogP contribution in [0.25, 0.3) is 6.08 Å². The normalized spacial score (nSPS) is 11.1. The zero-order chi connectivity index (χ0) is 16.3. The van der Waals surface area contributed by atoms with E-state index in [1.807, 2.05) is 12.1 Å². The number of nitriles is 1. The van der Waals surface area contributed by atoms with Crippen molar-refractivity contribution in [2.24, 2.45) is 0 Å². The second-order valence-electron chi connectivity index (χ2n) is 4.00. The summed E-state index contributed by atoms with van der Waals surface area (Å²) < 4.78 is 1.74. The van der Waals surface area contributed by atoms with E-state index in [2.05, 4.69) is 37.2 Å². The first kappa shape index (κ1) is 17.5. The van der Waals surface area contributed by atoms with Gasteiger partial charge < -0.3 is 5.32 Å². The minimum atomic E-state index is -0.549. The lowest BCUT2D eigenvalue weighted by Gasteiger charge is -2.07. The quantitative estimate of drug-likeness (QED) is 0.424. The molecule has 1 aromatic heterocycles. The lowest BCUT2D eigenvalue weighted by atomic mass is 10.2. The lowest BCUT2D eigenvalue weighted by Crippen LogP contribution is -2.13. The molecule has 0 aliphatic carbocycles. The van der Waals surface area contributed by atoms with E-state index in [4.69, 9.17) is 23.2 Å². The fraction of sp³-hybridized carbons (Fsp3) is 0. The Morgan fingerprint density at radius 3 is 2.68 bits per heavy atom. The van der Waals surface area contributed by atoms with Gasteiger partial charge in [-0.3, -0.25) is 4.79 Å². The molecule has 0 fully saturated rings. The molecule has 2 aromatic rings. The second-order valence-corrected chi connectivity index (χ2v) is 8.04. The van der Waals surface area contributed by atoms with Crippen LogP contribution in [0.2, 0.25) is 10.0 Å². The highest BCUT2D eigenvalue weighted by molar-refractivity contribution is 9.13. The highest BCUT2D eigenvalue weighted by Gasteiger charge is 2.13. The van der Waals surface area contributed by atoms with Crippen molar-refractivity contribution >= 4 is 84.1 Å². The third kappa shape index (κ3) is 4.12. The van der Waals surface area contributed by atoms with E-state index in [0.717, 1.165) is 13.1 Å². The summed E-state index contributed by atoms with van der Waals surface area (Å²) in [7, 11) is 0. The number of benzene rings is 1. The molecule has 1 aromatic carbocycles. The van der Waals surface area contributed by atoms with Crippen molar-refractivity contribution in [3.8, 4) is 6.07 Å². The first-order valence-corrected chi connectivity index (χ1v) is 8.90. The van der Waals surface area contributed by atoms with E-state index in [9.17, 15) is 10.1 Å². The van der Waals surface area contributed by atoms with Crippen molar-refractivity contribution in [3.05, 3.63) is 53.0 Å². The zero-order valence-corrected chi connectivity index (χ0v) is 16.2. The van der Waals surface area contributed by atoms with Gasteiger partial charge in [0.05, 0.1) is 19.5 Å². The average Bonchev–Trinajstić information content (AvgIpc) is 2.79. The van der Waals surface area contributed by atoms with Crippen molar-refractivity contribution in [3.63, 3.8) is 0 Å². The highest BCUT2D eigenvalue weighted by atomic mass is 79.9. The van der Waals surface area contributed by atoms with E-state index in [1.54, 1.807) is 18.2 Å². The van der Waals surface area contributed by atoms with Gasteiger partial charge in [0.1, 0.15) is 11.6 Å². The fourth-order valence-corrected chi connectivity index (χ4v) is 3.90. The molecule has 0 saturated heterocycles. The summed E-state index contributed by atoms with van der Waals surface area (Å²) in [6.07, 6.45) is 1.51. The number of rotatable bonds is 3. The third-order valence-corrected chi connectivity index (χ3v) is 6.54. The predicted molar refractivity (Wildman–Crippen MR) is 98.4 cm³/mol. The number of thiophene rings is 1. The van der Waals surface area contributed by atoms with Crippen LogP contribution >= 0.6 is 66.4 Å². The number of nitrogens with zero attached hydrogens (tertiary/aromatic N) is 1. The monoisotopic (exact) mass is 478 g/mol. The Labute approximate surface area is 157 Å². The number of amides is 1. The Hall–Kier alpha value is -0.840. The van der Waals surface area contributed by atoms with E-state index in [0.29, 0.717) is 10.7 Å². The smallest absolute Gasteiger partial charge is 0.266 e. The SMILES string of the molecule is N#C/C(=C\c1cc(Br)c(Br)s1)C(=O)Nc1cccc(Cl)c1Cl. The van der Waals surface area contributed by atoms with Crippen LogP contribution in [-0.4, -0.2) is 5.91 Å². The van der Waals surface area contributed by atoms with Crippen molar-refractivity contribution < 1.29 is 4.79 Å². The summed E-state index contributed by atoms with van der Waals surface area (Å²) >= 11 is 20.0. The molecular formula is C14H6Br2Cl2N2OS. The number of carbonyl (C=O) groups is 1. The van der Waals surface area contributed by atoms with Crippen LogP contribution in [-0.2, 0) is 4.79 Å². The van der Waals surface area contributed by atoms with Gasteiger partial charge in [0.15, 0.2) is 0 Å². The summed E-state index contributed by atoms with van der Waals surface area (Å²) in [5.74, 6) is -0.549. The van der Waals surface area contributed by atoms with Crippen molar-refractivity contribution in [1.82, 2.24) is 0 Å². The van der Waals surface area contributed by atoms with E-state index in [1.165, 1.54) is 17.4 Å². The second kappa shape index (κ2) is 7.62. The Bertz CT molecular complexity index is 792. The summed E-state index contributed by atoms with van der Waals surface area (Å²) in [4.78, 5) is 12.9. The molecule has 0 bridgehead atoms. The number of hydrogen-bond acceptors (Lipinski definition) is 3. The molecule has 8 heteroatoms. The van der Waals surface area contributed by atoms with Crippen LogP contribution in [0.1, 0.15) is 4.88 Å². The van der Waals surface area contributed by atoms with E-state index in [-0.39, 0.29) is 10.6 Å². The van der Waals surface area contributed by atoms with Gasteiger partial charge in [0.2, 0.25) is 0 Å². The molecule has 3 nitrogen and oxygen atoms in total. The molecule has 1 heterocycles. The topological polar surface area (TPSA) is 52.9 Å². The van der Waals surface area contributed by atoms with Crippen LogP contribution in [0.3, 0.4) is 0 Å². The third-order valence-electron chi connectivity index (χ3n) is 2.52. The van der Waals surface area contributed by atoms with Crippen LogP contribution < -0.4 is 5.32 Å². The van der Waals surface area contributed by atoms with Gasteiger partial charge in [-0.1, -0.05) is 29.3 Å². The maximum absolute atomic E-state index is 12.2. The van der Waals surface area contributed by atoms with Gasteiger partial charge in [-0.15, -0.1) is 11.3 Å². The van der Waals surface area contributed by atoms with E-state index < -0.39 is 5.91 Å². The zero-order valence-electron chi connectivity index (χ0n) is 10.7. The number of anilines is 1. The van der Waals surface area contributed by atoms with Crippen LogP contribution in [0.4, 0.5) is 5.69 Å². The molecule has 0 saturated carbocycles. The number of hydrogen-bond donors (Lipinski definition) is 1. The van der Waals surface area contributed by atoms with Gasteiger partial charge in [-0.2, -0.15) is 5.26 Å². The molecule has 112 valence electrons. The van der Waals surface area contributed by atoms with Crippen molar-refractivity contribution in [2.45, 2.75) is 0 Å². The maximum Gasteiger partial charge on any atom is 0.266 e. The predicted octanol–water partition coefficient (Wildman–Crippen LogP) is 6.13. The number of nitrogens with one attached hydrogen (secondary N) is 1. The lowest BCUT2D eigenvalue weighted by molar-refractivity contribution is -0.112. The summed E-state index contributed by atoms with van der Waals surface area (Å²) in [5.41, 5.74) is 0.325. The first-order chi connectivity index (χ1) is 10.4. The minimum absolute atomic E-state index is 0.0303. The molecule has 0 unspecified atom stereocenters. The molecule has 0 aliphatic heterocycles. The molecule has 0 radical (unpaired) electrons. The number of carbonyl (C=O) groups excluding carboxylic acids is 1. The van der Waals surface area contributed by atoms with Crippen molar-refractivity contribution in [1.29, 1.82) is 5.26 Å². The van der Waals surface area contributed by atoms with E-state index >= 15 is 0 Å². The molecular weight excluding hydrogens is 475 g/mol. The molecule has 22 heavy (non-hydrogen) atoms. The van der Waals surface area contributed by atoms with Gasteiger partial charge in [0.25, 0.3) is 5.91 Å². The highest BCUT2D eigenvalue weighted by Crippen LogP contribution is 2.34. The fourth-order valence-electron chi connectivity index (χ4n) is 1.52. The van der Waals surface area contributed by atoms with Crippen molar-refractivity contribution in [2.75, 3.05) is 5.32 Å². The van der Waals surface area contributed by atoms with Gasteiger partial charge in [-0.05, 0) is 56.1 Å². The molecule has 1 N–H and O–H groups in total. The van der Waals surface area contributed by atoms with Crippen LogP contribution in [0.5, 0.6) is 0 Å². The largest absolute Gasteiger partial charge is 0.320 e. The Balaban J connectivity index is 2.26. The Kier molecular flexibility index (Phi) is 6.07. The standard InChI is InChI=1S/C14H6Br2Cl2N2OS/c15-9-5-8(22-13(9)16)4-7(6-19)14(21)20-11-3-1-2-10(17)12(11)18/h1-5H,(H,20,21)/b7-4+. The molecule has 0 aliphatic rings. The van der Waals surface area contributed by atoms with Crippen LogP contribution in [0, 0.1) is 11.3 Å². The molecule has 0 spiro atoms. The molecule has 0 atom stereocenters. The minimum Gasteiger partial charge on any atom is -0.320 e. The Morgan fingerprint density at radius 2 is 2.09 bits per heavy atom. The average molecular weight is 481 g/mol. The summed E-state index contributed by atoms with van der Waals surface area (Å²) in [6, 6.07) is 8.58. The molecule has 1 amide bonds. The maximum atomic E-state index is 12.2. The molecule has 2 rings (SSSR count). The van der Waals surface area contributed by atoms with Gasteiger partial charge in [-0.25, -0.2) is 0 Å². The van der Waals surface area contributed by atoms with Gasteiger partial charge in [0, 0.05) is 9.35 Å². The van der Waals surface area contributed by atoms with Crippen LogP contribution in [0.15, 0.2) is 38.1 Å². The summed E-state index contributed by atoms with van der Waals surface area (Å²) in [5, 5.41) is 12.3. The Morgan fingerprint density at radius 1 is 1.36 bits per heavy atom. The first-order valence-electron chi connectivity index (χ1n) is 5.74. The summed E-state index contributed by atoms with van der Waals surface area (Å²) in [6.45, 7) is 0.